The van der Waals surface area contributed by atoms with Crippen molar-refractivity contribution in [2.45, 2.75) is 26.4 Å². The smallest absolute Gasteiger partial charge is 0.342 e. The minimum atomic E-state index is -0.943. The number of halogens is 1. The highest BCUT2D eigenvalue weighted by Crippen LogP contribution is 2.15. The number of anilines is 1. The van der Waals surface area contributed by atoms with Gasteiger partial charge in [0.05, 0.1) is 5.56 Å². The highest BCUT2D eigenvalue weighted by Gasteiger charge is 2.23. The van der Waals surface area contributed by atoms with Crippen molar-refractivity contribution in [1.29, 1.82) is 0 Å². The molecule has 2 rings (SSSR count). The molecule has 0 aliphatic rings. The summed E-state index contributed by atoms with van der Waals surface area (Å²) < 4.78 is 5.23. The fraction of sp³-hybridized carbons (Fsp3) is 0.250. The van der Waals surface area contributed by atoms with Crippen molar-refractivity contribution in [3.63, 3.8) is 0 Å². The van der Waals surface area contributed by atoms with Crippen molar-refractivity contribution >= 4 is 29.3 Å². The van der Waals surface area contributed by atoms with Crippen LogP contribution in [0, 0.1) is 6.92 Å². The number of nitrogens with zero attached hydrogens (tertiary/aromatic N) is 2. The second-order valence-corrected chi connectivity index (χ2v) is 5.16. The van der Waals surface area contributed by atoms with E-state index in [-0.39, 0.29) is 10.7 Å². The molecule has 0 saturated heterocycles. The summed E-state index contributed by atoms with van der Waals surface area (Å²) >= 11 is 5.85. The van der Waals surface area contributed by atoms with Crippen LogP contribution in [0.25, 0.3) is 0 Å². The number of hydrogen-bond acceptors (Lipinski definition) is 5. The van der Waals surface area contributed by atoms with Crippen LogP contribution in [0.5, 0.6) is 0 Å². The van der Waals surface area contributed by atoms with Crippen molar-refractivity contribution in [1.82, 2.24) is 9.97 Å². The predicted molar refractivity (Wildman–Crippen MR) is 86.3 cm³/mol. The van der Waals surface area contributed by atoms with Gasteiger partial charge in [0.1, 0.15) is 11.0 Å². The molecule has 120 valence electrons. The zero-order chi connectivity index (χ0) is 16.8. The van der Waals surface area contributed by atoms with E-state index < -0.39 is 18.0 Å². The first-order valence-corrected chi connectivity index (χ1v) is 7.45. The molecule has 1 N–H and O–H groups in total. The highest BCUT2D eigenvalue weighted by atomic mass is 35.5. The van der Waals surface area contributed by atoms with E-state index in [0.717, 1.165) is 5.69 Å². The fourth-order valence-corrected chi connectivity index (χ4v) is 2.07. The Hall–Kier alpha value is -2.47. The van der Waals surface area contributed by atoms with E-state index in [1.807, 2.05) is 13.0 Å². The summed E-state index contributed by atoms with van der Waals surface area (Å²) in [6, 6.07) is 8.32. The molecule has 0 saturated carbocycles. The Morgan fingerprint density at radius 3 is 2.74 bits per heavy atom. The van der Waals surface area contributed by atoms with E-state index in [1.165, 1.54) is 12.3 Å². The molecule has 0 aliphatic carbocycles. The summed E-state index contributed by atoms with van der Waals surface area (Å²) in [4.78, 5) is 32.3. The van der Waals surface area contributed by atoms with Crippen molar-refractivity contribution < 1.29 is 14.3 Å². The third-order valence-electron chi connectivity index (χ3n) is 3.03. The molecule has 0 fully saturated rings. The summed E-state index contributed by atoms with van der Waals surface area (Å²) in [5, 5.41) is 2.66. The van der Waals surface area contributed by atoms with E-state index in [1.54, 1.807) is 25.1 Å². The number of aromatic nitrogens is 2. The number of aryl methyl sites for hydroxylation is 1. The number of nitrogens with one attached hydrogen (secondary N) is 1. The van der Waals surface area contributed by atoms with E-state index in [2.05, 4.69) is 15.3 Å². The Balaban J connectivity index is 2.06. The maximum atomic E-state index is 12.2. The normalized spacial score (nSPS) is 11.6. The number of ether oxygens (including phenoxy) is 1. The fourth-order valence-electron chi connectivity index (χ4n) is 1.87. The number of amides is 1. The van der Waals surface area contributed by atoms with Gasteiger partial charge in [-0.3, -0.25) is 4.79 Å². The van der Waals surface area contributed by atoms with E-state index in [9.17, 15) is 9.59 Å². The minimum Gasteiger partial charge on any atom is -0.449 e. The van der Waals surface area contributed by atoms with Crippen LogP contribution in [-0.4, -0.2) is 27.9 Å². The minimum absolute atomic E-state index is 0.0353. The van der Waals surface area contributed by atoms with Gasteiger partial charge >= 0.3 is 5.97 Å². The number of hydrogen-bond donors (Lipinski definition) is 1. The van der Waals surface area contributed by atoms with Gasteiger partial charge in [0.25, 0.3) is 5.91 Å². The van der Waals surface area contributed by atoms with E-state index in [4.69, 9.17) is 16.3 Å². The molecule has 1 unspecified atom stereocenters. The lowest BCUT2D eigenvalue weighted by Gasteiger charge is -2.16. The van der Waals surface area contributed by atoms with Crippen molar-refractivity contribution in [2.75, 3.05) is 5.32 Å². The Labute approximate surface area is 138 Å². The molecule has 0 aromatic carbocycles. The van der Waals surface area contributed by atoms with Gasteiger partial charge in [-0.15, -0.1) is 0 Å². The SMILES string of the molecule is CCC(OC(=O)c1cccnc1Cl)C(=O)Nc1cccc(C)n1. The van der Waals surface area contributed by atoms with Crippen LogP contribution in [-0.2, 0) is 9.53 Å². The van der Waals surface area contributed by atoms with Crippen LogP contribution in [0.3, 0.4) is 0 Å². The molecular weight excluding hydrogens is 318 g/mol. The van der Waals surface area contributed by atoms with Gasteiger partial charge in [0.2, 0.25) is 0 Å². The van der Waals surface area contributed by atoms with Gasteiger partial charge in [-0.25, -0.2) is 14.8 Å². The number of carbonyl (C=O) groups excluding carboxylic acids is 2. The van der Waals surface area contributed by atoms with Crippen LogP contribution < -0.4 is 5.32 Å². The highest BCUT2D eigenvalue weighted by molar-refractivity contribution is 6.32. The summed E-state index contributed by atoms with van der Waals surface area (Å²) in [6.45, 7) is 3.56. The van der Waals surface area contributed by atoms with Gasteiger partial charge in [0, 0.05) is 11.9 Å². The Bertz CT molecular complexity index is 721. The van der Waals surface area contributed by atoms with Gasteiger partial charge in [0.15, 0.2) is 6.10 Å². The molecule has 2 aromatic heterocycles. The average Bonchev–Trinajstić information content (AvgIpc) is 2.52. The summed E-state index contributed by atoms with van der Waals surface area (Å²) in [5.41, 5.74) is 0.893. The van der Waals surface area contributed by atoms with Crippen molar-refractivity contribution in [3.8, 4) is 0 Å². The molecule has 2 aromatic rings. The standard InChI is InChI=1S/C16H16ClN3O3/c1-3-12(15(21)20-13-8-4-6-10(2)19-13)23-16(22)11-7-5-9-18-14(11)17/h4-9,12H,3H2,1-2H3,(H,19,20,21). The first-order chi connectivity index (χ1) is 11.0. The topological polar surface area (TPSA) is 81.2 Å². The molecule has 6 nitrogen and oxygen atoms in total. The average molecular weight is 334 g/mol. The van der Waals surface area contributed by atoms with Gasteiger partial charge < -0.3 is 10.1 Å². The Morgan fingerprint density at radius 1 is 1.30 bits per heavy atom. The Morgan fingerprint density at radius 2 is 2.09 bits per heavy atom. The van der Waals surface area contributed by atoms with Gasteiger partial charge in [-0.2, -0.15) is 0 Å². The van der Waals surface area contributed by atoms with Gasteiger partial charge in [-0.1, -0.05) is 24.6 Å². The van der Waals surface area contributed by atoms with Crippen LogP contribution in [0.4, 0.5) is 5.82 Å². The maximum Gasteiger partial charge on any atom is 0.342 e. The zero-order valence-electron chi connectivity index (χ0n) is 12.7. The molecule has 7 heteroatoms. The number of rotatable bonds is 5. The second-order valence-electron chi connectivity index (χ2n) is 4.80. The van der Waals surface area contributed by atoms with Crippen LogP contribution in [0.15, 0.2) is 36.5 Å². The lowest BCUT2D eigenvalue weighted by Crippen LogP contribution is -2.32. The van der Waals surface area contributed by atoms with Crippen molar-refractivity contribution in [3.05, 3.63) is 52.9 Å². The lowest BCUT2D eigenvalue weighted by atomic mass is 10.2. The third kappa shape index (κ3) is 4.50. The van der Waals surface area contributed by atoms with Gasteiger partial charge in [-0.05, 0) is 37.6 Å². The van der Waals surface area contributed by atoms with Crippen LogP contribution >= 0.6 is 11.6 Å². The molecule has 1 atom stereocenters. The largest absolute Gasteiger partial charge is 0.449 e. The quantitative estimate of drug-likeness (QED) is 0.672. The maximum absolute atomic E-state index is 12.2. The van der Waals surface area contributed by atoms with Crippen molar-refractivity contribution in [2.24, 2.45) is 0 Å². The molecule has 0 radical (unpaired) electrons. The number of pyridine rings is 2. The Kier molecular flexibility index (Phi) is 5.65. The zero-order valence-corrected chi connectivity index (χ0v) is 13.5. The lowest BCUT2D eigenvalue weighted by molar-refractivity contribution is -0.124. The second kappa shape index (κ2) is 7.69. The summed E-state index contributed by atoms with van der Waals surface area (Å²) in [6.07, 6.45) is 0.842. The molecule has 0 spiro atoms. The van der Waals surface area contributed by atoms with E-state index in [0.29, 0.717) is 12.2 Å². The summed E-state index contributed by atoms with van der Waals surface area (Å²) in [7, 11) is 0. The molecule has 0 bridgehead atoms. The first-order valence-electron chi connectivity index (χ1n) is 7.07. The first kappa shape index (κ1) is 16.9. The molecule has 2 heterocycles. The summed E-state index contributed by atoms with van der Waals surface area (Å²) in [5.74, 6) is -0.731. The molecule has 0 aliphatic heterocycles. The molecule has 1 amide bonds. The number of carbonyl (C=O) groups is 2. The third-order valence-corrected chi connectivity index (χ3v) is 3.33. The predicted octanol–water partition coefficient (Wildman–Crippen LogP) is 3.01. The van der Waals surface area contributed by atoms with E-state index >= 15 is 0 Å². The number of esters is 1. The van der Waals surface area contributed by atoms with Crippen LogP contribution in [0.2, 0.25) is 5.15 Å². The monoisotopic (exact) mass is 333 g/mol. The van der Waals surface area contributed by atoms with Crippen LogP contribution in [0.1, 0.15) is 29.4 Å². The molecular formula is C16H16ClN3O3. The molecule has 23 heavy (non-hydrogen) atoms.